The summed E-state index contributed by atoms with van der Waals surface area (Å²) >= 11 is 0. The van der Waals surface area contributed by atoms with Crippen LogP contribution < -0.4 is 5.32 Å². The van der Waals surface area contributed by atoms with Gasteiger partial charge in [-0.15, -0.1) is 5.10 Å². The molecular weight excluding hydrogens is 324 g/mol. The molecule has 0 aliphatic rings. The second kappa shape index (κ2) is 7.19. The summed E-state index contributed by atoms with van der Waals surface area (Å²) in [7, 11) is 0. The number of rotatable bonds is 5. The molecular formula is C21H18N4O. The Morgan fingerprint density at radius 2 is 1.54 bits per heavy atom. The predicted molar refractivity (Wildman–Crippen MR) is 102 cm³/mol. The van der Waals surface area contributed by atoms with Crippen LogP contribution in [0.5, 0.6) is 0 Å². The summed E-state index contributed by atoms with van der Waals surface area (Å²) in [6, 6.07) is 26.9. The van der Waals surface area contributed by atoms with Crippen LogP contribution in [0.1, 0.15) is 18.0 Å². The smallest absolute Gasteiger partial charge is 0.226 e. The van der Waals surface area contributed by atoms with Gasteiger partial charge in [0.15, 0.2) is 0 Å². The molecule has 1 unspecified atom stereocenters. The van der Waals surface area contributed by atoms with E-state index in [0.717, 1.165) is 22.3 Å². The molecule has 3 aromatic carbocycles. The molecule has 0 radical (unpaired) electrons. The van der Waals surface area contributed by atoms with Crippen LogP contribution in [0.2, 0.25) is 0 Å². The Hall–Kier alpha value is -3.47. The van der Waals surface area contributed by atoms with E-state index >= 15 is 0 Å². The molecule has 128 valence electrons. The predicted octanol–water partition coefficient (Wildman–Crippen LogP) is 4.05. The molecule has 0 aliphatic carbocycles. The van der Waals surface area contributed by atoms with Gasteiger partial charge >= 0.3 is 0 Å². The molecule has 0 bridgehead atoms. The van der Waals surface area contributed by atoms with Gasteiger partial charge in [-0.25, -0.2) is 4.68 Å². The maximum absolute atomic E-state index is 12.7. The molecule has 4 rings (SSSR count). The fraction of sp³-hybridized carbons (Fsp3) is 0.0952. The quantitative estimate of drug-likeness (QED) is 0.595. The van der Waals surface area contributed by atoms with Gasteiger partial charge in [0, 0.05) is 5.69 Å². The lowest BCUT2D eigenvalue weighted by atomic mass is 10.0. The number of hydrogen-bond acceptors (Lipinski definition) is 3. The minimum atomic E-state index is -0.229. The van der Waals surface area contributed by atoms with Crippen LogP contribution in [0.4, 0.5) is 5.69 Å². The molecule has 0 saturated carbocycles. The van der Waals surface area contributed by atoms with Gasteiger partial charge in [-0.3, -0.25) is 4.79 Å². The number of para-hydroxylation sites is 2. The number of nitrogens with zero attached hydrogens (tertiary/aromatic N) is 3. The third-order valence-electron chi connectivity index (χ3n) is 4.29. The molecule has 5 heteroatoms. The maximum atomic E-state index is 12.7. The molecule has 0 aliphatic heterocycles. The minimum absolute atomic E-state index is 0.0652. The van der Waals surface area contributed by atoms with Crippen molar-refractivity contribution in [2.45, 2.75) is 12.5 Å². The highest BCUT2D eigenvalue weighted by atomic mass is 16.1. The molecule has 5 nitrogen and oxygen atoms in total. The Morgan fingerprint density at radius 1 is 0.885 bits per heavy atom. The van der Waals surface area contributed by atoms with Crippen molar-refractivity contribution in [1.82, 2.24) is 15.0 Å². The molecule has 4 aromatic rings. The number of amides is 1. The molecule has 1 aromatic heterocycles. The van der Waals surface area contributed by atoms with E-state index in [-0.39, 0.29) is 18.4 Å². The van der Waals surface area contributed by atoms with E-state index < -0.39 is 0 Å². The molecule has 1 heterocycles. The van der Waals surface area contributed by atoms with E-state index in [1.54, 1.807) is 0 Å². The van der Waals surface area contributed by atoms with E-state index in [2.05, 4.69) is 15.6 Å². The summed E-state index contributed by atoms with van der Waals surface area (Å²) in [6.45, 7) is 0. The van der Waals surface area contributed by atoms with Gasteiger partial charge in [-0.1, -0.05) is 65.9 Å². The van der Waals surface area contributed by atoms with Gasteiger partial charge in [0.25, 0.3) is 0 Å². The van der Waals surface area contributed by atoms with Crippen LogP contribution in [0.15, 0.2) is 84.9 Å². The van der Waals surface area contributed by atoms with Gasteiger partial charge in [-0.2, -0.15) is 0 Å². The Kier molecular flexibility index (Phi) is 4.43. The van der Waals surface area contributed by atoms with Crippen molar-refractivity contribution < 1.29 is 4.79 Å². The first-order valence-electron chi connectivity index (χ1n) is 8.51. The van der Waals surface area contributed by atoms with Crippen molar-refractivity contribution in [3.63, 3.8) is 0 Å². The summed E-state index contributed by atoms with van der Waals surface area (Å²) in [4.78, 5) is 12.7. The summed E-state index contributed by atoms with van der Waals surface area (Å²) in [5.41, 5.74) is 3.53. The first kappa shape index (κ1) is 16.0. The van der Waals surface area contributed by atoms with E-state index in [0.29, 0.717) is 0 Å². The Morgan fingerprint density at radius 3 is 2.31 bits per heavy atom. The van der Waals surface area contributed by atoms with Crippen LogP contribution >= 0.6 is 0 Å². The lowest BCUT2D eigenvalue weighted by Crippen LogP contribution is -2.21. The van der Waals surface area contributed by atoms with Crippen LogP contribution in [-0.4, -0.2) is 20.9 Å². The van der Waals surface area contributed by atoms with Gasteiger partial charge in [0.2, 0.25) is 5.91 Å². The summed E-state index contributed by atoms with van der Waals surface area (Å²) in [5.74, 6) is -0.0652. The lowest BCUT2D eigenvalue weighted by molar-refractivity contribution is -0.116. The fourth-order valence-electron chi connectivity index (χ4n) is 3.05. The van der Waals surface area contributed by atoms with E-state index in [1.807, 2.05) is 89.6 Å². The normalized spacial score (nSPS) is 12.0. The zero-order valence-corrected chi connectivity index (χ0v) is 14.1. The Balaban J connectivity index is 1.67. The average Bonchev–Trinajstić information content (AvgIpc) is 3.11. The van der Waals surface area contributed by atoms with Gasteiger partial charge in [-0.05, 0) is 29.8 Å². The van der Waals surface area contributed by atoms with E-state index in [1.165, 1.54) is 0 Å². The highest BCUT2D eigenvalue weighted by Gasteiger charge is 2.21. The molecule has 1 amide bonds. The molecule has 0 fully saturated rings. The van der Waals surface area contributed by atoms with Crippen molar-refractivity contribution in [3.05, 3.63) is 90.5 Å². The minimum Gasteiger partial charge on any atom is -0.326 e. The number of benzene rings is 3. The first-order valence-corrected chi connectivity index (χ1v) is 8.51. The fourth-order valence-corrected chi connectivity index (χ4v) is 3.05. The number of carbonyl (C=O) groups excluding carboxylic acids is 1. The van der Waals surface area contributed by atoms with E-state index in [4.69, 9.17) is 0 Å². The SMILES string of the molecule is O=C(CC(c1ccccc1)n1nnc2ccccc21)Nc1ccccc1. The summed E-state index contributed by atoms with van der Waals surface area (Å²) < 4.78 is 1.83. The lowest BCUT2D eigenvalue weighted by Gasteiger charge is -2.18. The van der Waals surface area contributed by atoms with Crippen LogP contribution in [0.3, 0.4) is 0 Å². The summed E-state index contributed by atoms with van der Waals surface area (Å²) in [6.07, 6.45) is 0.270. The topological polar surface area (TPSA) is 59.8 Å². The van der Waals surface area contributed by atoms with Gasteiger partial charge in [0.05, 0.1) is 18.0 Å². The molecule has 0 spiro atoms. The number of fused-ring (bicyclic) bond motifs is 1. The second-order valence-corrected chi connectivity index (χ2v) is 6.07. The van der Waals surface area contributed by atoms with Crippen LogP contribution in [0, 0.1) is 0 Å². The summed E-state index contributed by atoms with van der Waals surface area (Å²) in [5, 5.41) is 11.5. The van der Waals surface area contributed by atoms with Crippen LogP contribution in [0.25, 0.3) is 11.0 Å². The van der Waals surface area contributed by atoms with Crippen molar-refractivity contribution >= 4 is 22.6 Å². The first-order chi connectivity index (χ1) is 12.8. The highest BCUT2D eigenvalue weighted by molar-refractivity contribution is 5.91. The van der Waals surface area contributed by atoms with Gasteiger partial charge < -0.3 is 5.32 Å². The molecule has 1 N–H and O–H groups in total. The zero-order valence-electron chi connectivity index (χ0n) is 14.1. The van der Waals surface area contributed by atoms with Crippen molar-refractivity contribution in [2.75, 3.05) is 5.32 Å². The van der Waals surface area contributed by atoms with E-state index in [9.17, 15) is 4.79 Å². The van der Waals surface area contributed by atoms with Crippen molar-refractivity contribution in [3.8, 4) is 0 Å². The molecule has 0 saturated heterocycles. The third kappa shape index (κ3) is 3.32. The number of hydrogen-bond donors (Lipinski definition) is 1. The molecule has 26 heavy (non-hydrogen) atoms. The average molecular weight is 342 g/mol. The number of aromatic nitrogens is 3. The third-order valence-corrected chi connectivity index (χ3v) is 4.29. The van der Waals surface area contributed by atoms with Gasteiger partial charge in [0.1, 0.15) is 5.52 Å². The van der Waals surface area contributed by atoms with Crippen molar-refractivity contribution in [1.29, 1.82) is 0 Å². The number of nitrogens with one attached hydrogen (secondary N) is 1. The number of carbonyl (C=O) groups is 1. The maximum Gasteiger partial charge on any atom is 0.226 e. The highest BCUT2D eigenvalue weighted by Crippen LogP contribution is 2.25. The number of anilines is 1. The Bertz CT molecular complexity index is 1010. The van der Waals surface area contributed by atoms with Crippen molar-refractivity contribution in [2.24, 2.45) is 0 Å². The standard InChI is InChI=1S/C21H18N4O/c26-21(22-17-11-5-2-6-12-17)15-20(16-9-3-1-4-10-16)25-19-14-8-7-13-18(19)23-24-25/h1-14,20H,15H2,(H,22,26). The largest absolute Gasteiger partial charge is 0.326 e. The second-order valence-electron chi connectivity index (χ2n) is 6.07. The zero-order chi connectivity index (χ0) is 17.8. The molecule has 1 atom stereocenters. The Labute approximate surface area is 151 Å². The monoisotopic (exact) mass is 342 g/mol. The van der Waals surface area contributed by atoms with Crippen LogP contribution in [-0.2, 0) is 4.79 Å².